The Kier molecular flexibility index (Phi) is 7.42. The molecule has 0 saturated carbocycles. The van der Waals surface area contributed by atoms with Crippen LogP contribution in [0.5, 0.6) is 23.0 Å². The van der Waals surface area contributed by atoms with Gasteiger partial charge in [0.2, 0.25) is 0 Å². The summed E-state index contributed by atoms with van der Waals surface area (Å²) in [4.78, 5) is 12.3. The molecular formula is C31H34O7. The van der Waals surface area contributed by atoms with Crippen LogP contribution in [0.15, 0.2) is 66.0 Å². The molecule has 1 saturated heterocycles. The Morgan fingerprint density at radius 2 is 1.68 bits per heavy atom. The number of aromatic hydroxyl groups is 2. The lowest BCUT2D eigenvalue weighted by Gasteiger charge is -2.30. The van der Waals surface area contributed by atoms with E-state index in [4.69, 9.17) is 14.2 Å². The second-order valence-corrected chi connectivity index (χ2v) is 10.2. The zero-order chi connectivity index (χ0) is 27.7. The van der Waals surface area contributed by atoms with E-state index in [1.54, 1.807) is 30.4 Å². The Balaban J connectivity index is 1.56. The number of benzene rings is 2. The van der Waals surface area contributed by atoms with Crippen LogP contribution in [-0.2, 0) is 9.53 Å². The van der Waals surface area contributed by atoms with E-state index >= 15 is 0 Å². The van der Waals surface area contributed by atoms with Crippen molar-refractivity contribution >= 4 is 17.9 Å². The van der Waals surface area contributed by atoms with Crippen molar-refractivity contribution in [3.8, 4) is 23.0 Å². The van der Waals surface area contributed by atoms with E-state index in [1.165, 1.54) is 38.0 Å². The van der Waals surface area contributed by atoms with E-state index < -0.39 is 5.78 Å². The molecule has 0 amide bonds. The van der Waals surface area contributed by atoms with Gasteiger partial charge >= 0.3 is 0 Å². The highest BCUT2D eigenvalue weighted by Crippen LogP contribution is 2.62. The van der Waals surface area contributed by atoms with Crippen LogP contribution in [0.4, 0.5) is 0 Å². The summed E-state index contributed by atoms with van der Waals surface area (Å²) in [6.07, 6.45) is 11.0. The first kappa shape index (κ1) is 27.1. The summed E-state index contributed by atoms with van der Waals surface area (Å²) in [5.74, 6) is -0.106. The first-order chi connectivity index (χ1) is 18.0. The molecule has 200 valence electrons. The second-order valence-electron chi connectivity index (χ2n) is 10.2. The van der Waals surface area contributed by atoms with Crippen LogP contribution >= 0.6 is 0 Å². The van der Waals surface area contributed by atoms with Gasteiger partial charge in [-0.2, -0.15) is 0 Å². The number of aliphatic hydroxyl groups excluding tert-OH is 1. The van der Waals surface area contributed by atoms with Gasteiger partial charge in [-0.15, -0.1) is 0 Å². The minimum atomic E-state index is -0.416. The number of carbonyl (C=O) groups excluding carboxylic acids is 1. The summed E-state index contributed by atoms with van der Waals surface area (Å²) in [7, 11) is 2.94. The molecule has 3 N–H and O–H groups in total. The molecule has 0 bridgehead atoms. The number of hydrogen-bond acceptors (Lipinski definition) is 7. The molecule has 2 aromatic rings. The van der Waals surface area contributed by atoms with Crippen LogP contribution in [0.25, 0.3) is 12.2 Å². The molecule has 0 radical (unpaired) electrons. The van der Waals surface area contributed by atoms with E-state index in [0.717, 1.165) is 18.9 Å². The molecule has 4 rings (SSSR count). The molecule has 7 nitrogen and oxygen atoms in total. The molecule has 1 aliphatic heterocycles. The monoisotopic (exact) mass is 518 g/mol. The molecule has 2 atom stereocenters. The van der Waals surface area contributed by atoms with Gasteiger partial charge in [0.25, 0.3) is 0 Å². The first-order valence-electron chi connectivity index (χ1n) is 12.5. The number of aliphatic hydroxyl groups is 1. The maximum absolute atomic E-state index is 12.3. The number of phenolic OH excluding ortho intramolecular Hbond substituents is 2. The average molecular weight is 519 g/mol. The number of carbonyl (C=O) groups is 1. The van der Waals surface area contributed by atoms with Crippen LogP contribution < -0.4 is 9.47 Å². The summed E-state index contributed by atoms with van der Waals surface area (Å²) in [6, 6.07) is 8.25. The van der Waals surface area contributed by atoms with E-state index in [0.29, 0.717) is 28.2 Å². The van der Waals surface area contributed by atoms with E-state index in [-0.39, 0.29) is 34.4 Å². The summed E-state index contributed by atoms with van der Waals surface area (Å²) in [5, 5.41) is 31.0. The summed E-state index contributed by atoms with van der Waals surface area (Å²) < 4.78 is 16.7. The summed E-state index contributed by atoms with van der Waals surface area (Å²) in [5.41, 5.74) is 2.59. The number of methoxy groups -OCH3 is 2. The van der Waals surface area contributed by atoms with Crippen molar-refractivity contribution in [3.63, 3.8) is 0 Å². The highest BCUT2D eigenvalue weighted by atomic mass is 16.6. The van der Waals surface area contributed by atoms with Crippen LogP contribution in [0, 0.1) is 0 Å². The Hall–Kier alpha value is -3.97. The van der Waals surface area contributed by atoms with Crippen LogP contribution in [0.2, 0.25) is 0 Å². The highest BCUT2D eigenvalue weighted by molar-refractivity contribution is 6.02. The lowest BCUT2D eigenvalue weighted by atomic mass is 9.71. The molecule has 1 fully saturated rings. The Morgan fingerprint density at radius 1 is 1.03 bits per heavy atom. The van der Waals surface area contributed by atoms with Crippen molar-refractivity contribution in [2.45, 2.75) is 50.7 Å². The van der Waals surface area contributed by atoms with Gasteiger partial charge in [0.15, 0.2) is 28.8 Å². The van der Waals surface area contributed by atoms with Gasteiger partial charge in [-0.1, -0.05) is 29.9 Å². The molecular weight excluding hydrogens is 484 g/mol. The quantitative estimate of drug-likeness (QED) is 0.125. The van der Waals surface area contributed by atoms with Gasteiger partial charge in [-0.3, -0.25) is 4.79 Å². The van der Waals surface area contributed by atoms with Crippen LogP contribution in [-0.4, -0.2) is 46.5 Å². The zero-order valence-corrected chi connectivity index (χ0v) is 22.3. The fourth-order valence-corrected chi connectivity index (χ4v) is 5.14. The van der Waals surface area contributed by atoms with Crippen molar-refractivity contribution in [3.05, 3.63) is 82.7 Å². The van der Waals surface area contributed by atoms with Crippen LogP contribution in [0.3, 0.4) is 0 Å². The Labute approximate surface area is 223 Å². The third kappa shape index (κ3) is 5.34. The molecule has 38 heavy (non-hydrogen) atoms. The van der Waals surface area contributed by atoms with E-state index in [2.05, 4.69) is 26.8 Å². The minimum absolute atomic E-state index is 0.00542. The third-order valence-corrected chi connectivity index (χ3v) is 7.32. The fourth-order valence-electron chi connectivity index (χ4n) is 5.14. The topological polar surface area (TPSA) is 109 Å². The van der Waals surface area contributed by atoms with Crippen molar-refractivity contribution in [1.82, 2.24) is 0 Å². The largest absolute Gasteiger partial charge is 0.508 e. The predicted octanol–water partition coefficient (Wildman–Crippen LogP) is 6.22. The smallest absolute Gasteiger partial charge is 0.182 e. The molecule has 2 aliphatic rings. The number of rotatable bonds is 8. The lowest BCUT2D eigenvalue weighted by Crippen LogP contribution is -2.31. The maximum Gasteiger partial charge on any atom is 0.182 e. The van der Waals surface area contributed by atoms with Crippen molar-refractivity contribution in [2.75, 3.05) is 14.2 Å². The number of epoxide rings is 1. The maximum atomic E-state index is 12.3. The van der Waals surface area contributed by atoms with Gasteiger partial charge in [0.1, 0.15) is 11.4 Å². The molecule has 2 unspecified atom stereocenters. The van der Waals surface area contributed by atoms with Crippen molar-refractivity contribution < 1.29 is 34.3 Å². The number of phenols is 2. The van der Waals surface area contributed by atoms with Gasteiger partial charge in [0, 0.05) is 17.6 Å². The number of ether oxygens (including phenoxy) is 3. The molecule has 1 heterocycles. The molecule has 1 aliphatic carbocycles. The average Bonchev–Trinajstić information content (AvgIpc) is 3.44. The number of hydrogen-bond donors (Lipinski definition) is 3. The molecule has 2 aromatic carbocycles. The fraction of sp³-hybridized carbons (Fsp3) is 0.323. The van der Waals surface area contributed by atoms with E-state index in [1.807, 2.05) is 6.07 Å². The third-order valence-electron chi connectivity index (χ3n) is 7.32. The summed E-state index contributed by atoms with van der Waals surface area (Å²) in [6.45, 7) is 6.22. The van der Waals surface area contributed by atoms with Crippen molar-refractivity contribution in [1.29, 1.82) is 0 Å². The molecule has 0 aromatic heterocycles. The SMILES string of the molecule is COc1cc(/C=C/C(=O)/C=C(O)/C=C\c2cc(OC)c(O)c(C3C=C(C)CCC34OC4(C)C)c2)ccc1O. The van der Waals surface area contributed by atoms with Crippen LogP contribution in [0.1, 0.15) is 56.2 Å². The van der Waals surface area contributed by atoms with Gasteiger partial charge in [-0.05, 0) is 81.2 Å². The lowest BCUT2D eigenvalue weighted by molar-refractivity contribution is -0.110. The molecule has 7 heteroatoms. The Bertz CT molecular complexity index is 1360. The highest BCUT2D eigenvalue weighted by Gasteiger charge is 2.67. The molecule has 1 spiro atoms. The van der Waals surface area contributed by atoms with Gasteiger partial charge in [-0.25, -0.2) is 0 Å². The van der Waals surface area contributed by atoms with Gasteiger partial charge < -0.3 is 29.5 Å². The summed E-state index contributed by atoms with van der Waals surface area (Å²) >= 11 is 0. The number of allylic oxidation sites excluding steroid dienone is 4. The zero-order valence-electron chi connectivity index (χ0n) is 22.3. The standard InChI is InChI=1S/C31H34O7/c1-19-12-13-31(30(2,3)38-31)25(14-19)24-15-21(17-28(37-5)29(24)35)7-10-23(33)18-22(32)9-6-20-8-11-26(34)27(16-20)36-4/h6-11,14-18,25,33-35H,12-13H2,1-5H3/b9-6+,10-7-,23-18-. The Morgan fingerprint density at radius 3 is 2.34 bits per heavy atom. The minimum Gasteiger partial charge on any atom is -0.508 e. The number of ketones is 1. The predicted molar refractivity (Wildman–Crippen MR) is 147 cm³/mol. The van der Waals surface area contributed by atoms with Gasteiger partial charge in [0.05, 0.1) is 19.8 Å². The second kappa shape index (κ2) is 10.4. The van der Waals surface area contributed by atoms with Crippen molar-refractivity contribution in [2.24, 2.45) is 0 Å². The first-order valence-corrected chi connectivity index (χ1v) is 12.5. The van der Waals surface area contributed by atoms with E-state index in [9.17, 15) is 20.1 Å². The normalized spacial score (nSPS) is 22.6.